The third-order valence-electron chi connectivity index (χ3n) is 6.50. The van der Waals surface area contributed by atoms with Gasteiger partial charge in [0.15, 0.2) is 0 Å². The van der Waals surface area contributed by atoms with E-state index in [0.29, 0.717) is 25.5 Å². The van der Waals surface area contributed by atoms with Crippen molar-refractivity contribution in [2.45, 2.75) is 33.6 Å². The lowest BCUT2D eigenvalue weighted by Gasteiger charge is -2.36. The Morgan fingerprint density at radius 3 is 2.85 bits per heavy atom. The second-order valence-corrected chi connectivity index (χ2v) is 8.19. The van der Waals surface area contributed by atoms with Crippen LogP contribution in [-0.2, 0) is 16.0 Å². The van der Waals surface area contributed by atoms with E-state index in [0.717, 1.165) is 36.3 Å². The van der Waals surface area contributed by atoms with Gasteiger partial charge in [-0.3, -0.25) is 4.79 Å². The van der Waals surface area contributed by atoms with Crippen LogP contribution in [0.5, 0.6) is 0 Å². The van der Waals surface area contributed by atoms with E-state index < -0.39 is 0 Å². The Labute approximate surface area is 154 Å². The molecular weight excluding hydrogens is 328 g/mol. The molecule has 0 radical (unpaired) electrons. The van der Waals surface area contributed by atoms with Crippen LogP contribution in [0, 0.1) is 32.1 Å². The summed E-state index contributed by atoms with van der Waals surface area (Å²) in [5.41, 5.74) is 5.46. The number of aliphatic hydroxyl groups excluding tert-OH is 1. The van der Waals surface area contributed by atoms with Crippen molar-refractivity contribution in [2.24, 2.45) is 11.3 Å². The molecule has 2 saturated heterocycles. The minimum absolute atomic E-state index is 0.0891. The highest BCUT2D eigenvalue weighted by Crippen LogP contribution is 2.41. The number of hydrogen-bond donors (Lipinski definition) is 2. The van der Waals surface area contributed by atoms with Crippen molar-refractivity contribution in [1.29, 1.82) is 0 Å². The molecule has 1 amide bonds. The molecule has 0 saturated carbocycles. The first-order valence-electron chi connectivity index (χ1n) is 9.49. The number of hydrogen-bond acceptors (Lipinski definition) is 3. The first kappa shape index (κ1) is 17.6. The van der Waals surface area contributed by atoms with Gasteiger partial charge in [0.1, 0.15) is 0 Å². The van der Waals surface area contributed by atoms with Crippen molar-refractivity contribution in [1.82, 2.24) is 9.88 Å². The minimum Gasteiger partial charge on any atom is -0.396 e. The smallest absolute Gasteiger partial charge is 0.227 e. The molecule has 3 heterocycles. The number of nitrogens with one attached hydrogen (secondary N) is 1. The number of aryl methyl sites for hydroxylation is 3. The number of carbonyl (C=O) groups is 1. The van der Waals surface area contributed by atoms with Gasteiger partial charge >= 0.3 is 0 Å². The molecule has 2 aliphatic rings. The fourth-order valence-electron chi connectivity index (χ4n) is 4.81. The largest absolute Gasteiger partial charge is 0.396 e. The van der Waals surface area contributed by atoms with Crippen LogP contribution in [0.2, 0.25) is 0 Å². The number of aromatic amines is 1. The van der Waals surface area contributed by atoms with E-state index in [2.05, 4.69) is 31.0 Å². The SMILES string of the molecule is Cc1[nH]c2c(C)ccc(C)c2c1CC(=O)N1C[C@@H]2CCOC[C@]2(CO)C1. The van der Waals surface area contributed by atoms with Crippen LogP contribution in [0.15, 0.2) is 12.1 Å². The Hall–Kier alpha value is -1.85. The molecule has 2 fully saturated rings. The molecule has 0 bridgehead atoms. The van der Waals surface area contributed by atoms with Gasteiger partial charge in [-0.25, -0.2) is 0 Å². The van der Waals surface area contributed by atoms with Crippen LogP contribution in [0.4, 0.5) is 0 Å². The van der Waals surface area contributed by atoms with Gasteiger partial charge in [-0.2, -0.15) is 0 Å². The van der Waals surface area contributed by atoms with E-state index in [-0.39, 0.29) is 17.9 Å². The molecule has 1 aromatic carbocycles. The molecule has 2 N–H and O–H groups in total. The fourth-order valence-corrected chi connectivity index (χ4v) is 4.81. The van der Waals surface area contributed by atoms with E-state index in [4.69, 9.17) is 4.74 Å². The Kier molecular flexibility index (Phi) is 4.32. The number of rotatable bonds is 3. The molecule has 1 aromatic heterocycles. The second-order valence-electron chi connectivity index (χ2n) is 8.19. The standard InChI is InChI=1S/C21H28N2O3/c1-13-4-5-14(2)20-19(13)17(15(3)22-20)8-18(25)23-9-16-6-7-26-12-21(16,10-23)11-24/h4-5,16,22,24H,6-12H2,1-3H3/t16-,21+/m0/s1. The van der Waals surface area contributed by atoms with Gasteiger partial charge in [0, 0.05) is 41.7 Å². The highest BCUT2D eigenvalue weighted by Gasteiger charge is 2.49. The van der Waals surface area contributed by atoms with Crippen molar-refractivity contribution in [3.05, 3.63) is 34.5 Å². The zero-order valence-electron chi connectivity index (χ0n) is 15.9. The molecule has 5 nitrogen and oxygen atoms in total. The Morgan fingerprint density at radius 2 is 2.12 bits per heavy atom. The maximum atomic E-state index is 13.1. The summed E-state index contributed by atoms with van der Waals surface area (Å²) in [7, 11) is 0. The number of ether oxygens (including phenoxy) is 1. The predicted molar refractivity (Wildman–Crippen MR) is 101 cm³/mol. The normalized spacial score (nSPS) is 25.7. The lowest BCUT2D eigenvalue weighted by Crippen LogP contribution is -2.43. The van der Waals surface area contributed by atoms with Crippen LogP contribution < -0.4 is 0 Å². The summed E-state index contributed by atoms with van der Waals surface area (Å²) in [6.07, 6.45) is 1.33. The molecular formula is C21H28N2O3. The van der Waals surface area contributed by atoms with Crippen molar-refractivity contribution in [3.8, 4) is 0 Å². The monoisotopic (exact) mass is 356 g/mol. The Morgan fingerprint density at radius 1 is 1.35 bits per heavy atom. The number of fused-ring (bicyclic) bond motifs is 2. The van der Waals surface area contributed by atoms with Gasteiger partial charge in [0.25, 0.3) is 0 Å². The van der Waals surface area contributed by atoms with Crippen molar-refractivity contribution in [2.75, 3.05) is 32.9 Å². The van der Waals surface area contributed by atoms with E-state index in [1.807, 2.05) is 11.8 Å². The predicted octanol–water partition coefficient (Wildman–Crippen LogP) is 2.49. The number of aromatic nitrogens is 1. The van der Waals surface area contributed by atoms with Gasteiger partial charge < -0.3 is 19.7 Å². The number of likely N-dealkylation sites (tertiary alicyclic amines) is 1. The number of carbonyl (C=O) groups excluding carboxylic acids is 1. The molecule has 0 aliphatic carbocycles. The van der Waals surface area contributed by atoms with Gasteiger partial charge in [-0.1, -0.05) is 12.1 Å². The van der Waals surface area contributed by atoms with E-state index in [1.54, 1.807) is 0 Å². The summed E-state index contributed by atoms with van der Waals surface area (Å²) in [5, 5.41) is 11.1. The summed E-state index contributed by atoms with van der Waals surface area (Å²) in [6, 6.07) is 4.25. The number of amides is 1. The number of H-pyrrole nitrogens is 1. The van der Waals surface area contributed by atoms with Crippen molar-refractivity contribution >= 4 is 16.8 Å². The average molecular weight is 356 g/mol. The maximum absolute atomic E-state index is 13.1. The lowest BCUT2D eigenvalue weighted by molar-refractivity contribution is -0.130. The van der Waals surface area contributed by atoms with Gasteiger partial charge in [0.05, 0.1) is 19.6 Å². The lowest BCUT2D eigenvalue weighted by atomic mass is 9.76. The maximum Gasteiger partial charge on any atom is 0.227 e. The molecule has 26 heavy (non-hydrogen) atoms. The zero-order chi connectivity index (χ0) is 18.5. The first-order chi connectivity index (χ1) is 12.4. The summed E-state index contributed by atoms with van der Waals surface area (Å²) in [5.74, 6) is 0.496. The van der Waals surface area contributed by atoms with E-state index in [9.17, 15) is 9.90 Å². The first-order valence-corrected chi connectivity index (χ1v) is 9.49. The summed E-state index contributed by atoms with van der Waals surface area (Å²) < 4.78 is 5.61. The van der Waals surface area contributed by atoms with Crippen molar-refractivity contribution < 1.29 is 14.6 Å². The van der Waals surface area contributed by atoms with E-state index in [1.165, 1.54) is 16.5 Å². The molecule has 2 atom stereocenters. The van der Waals surface area contributed by atoms with Gasteiger partial charge in [-0.05, 0) is 49.8 Å². The highest BCUT2D eigenvalue weighted by atomic mass is 16.5. The van der Waals surface area contributed by atoms with Crippen LogP contribution in [-0.4, -0.2) is 53.8 Å². The average Bonchev–Trinajstić information content (AvgIpc) is 3.18. The summed E-state index contributed by atoms with van der Waals surface area (Å²) in [6.45, 7) is 8.97. The van der Waals surface area contributed by atoms with Crippen LogP contribution in [0.3, 0.4) is 0 Å². The summed E-state index contributed by atoms with van der Waals surface area (Å²) >= 11 is 0. The molecule has 140 valence electrons. The second kappa shape index (κ2) is 6.39. The zero-order valence-corrected chi connectivity index (χ0v) is 15.9. The number of nitrogens with zero attached hydrogens (tertiary/aromatic N) is 1. The Bertz CT molecular complexity index is 857. The molecule has 0 spiro atoms. The Balaban J connectivity index is 1.61. The number of aliphatic hydroxyl groups is 1. The van der Waals surface area contributed by atoms with E-state index >= 15 is 0 Å². The molecule has 0 unspecified atom stereocenters. The third-order valence-corrected chi connectivity index (χ3v) is 6.50. The fraction of sp³-hybridized carbons (Fsp3) is 0.571. The van der Waals surface area contributed by atoms with Crippen LogP contribution in [0.1, 0.15) is 28.8 Å². The molecule has 2 aromatic rings. The molecule has 2 aliphatic heterocycles. The number of benzene rings is 1. The topological polar surface area (TPSA) is 65.6 Å². The third kappa shape index (κ3) is 2.65. The minimum atomic E-state index is -0.268. The summed E-state index contributed by atoms with van der Waals surface area (Å²) in [4.78, 5) is 18.5. The van der Waals surface area contributed by atoms with Crippen LogP contribution in [0.25, 0.3) is 10.9 Å². The molecule has 5 heteroatoms. The van der Waals surface area contributed by atoms with Gasteiger partial charge in [0.2, 0.25) is 5.91 Å². The van der Waals surface area contributed by atoms with Gasteiger partial charge in [-0.15, -0.1) is 0 Å². The quantitative estimate of drug-likeness (QED) is 0.888. The molecule has 4 rings (SSSR count). The van der Waals surface area contributed by atoms with Crippen LogP contribution >= 0.6 is 0 Å². The van der Waals surface area contributed by atoms with Crippen molar-refractivity contribution in [3.63, 3.8) is 0 Å². The highest BCUT2D eigenvalue weighted by molar-refractivity contribution is 5.94.